The molecule has 2 aromatic carbocycles. The summed E-state index contributed by atoms with van der Waals surface area (Å²) in [5.41, 5.74) is 1.61. The minimum atomic E-state index is -0.371. The molecule has 6 heteroatoms. The number of rotatable bonds is 5. The summed E-state index contributed by atoms with van der Waals surface area (Å²) in [5.74, 6) is 2.17. The van der Waals surface area contributed by atoms with Crippen molar-refractivity contribution in [3.63, 3.8) is 0 Å². The van der Waals surface area contributed by atoms with E-state index in [-0.39, 0.29) is 30.5 Å². The van der Waals surface area contributed by atoms with Crippen LogP contribution in [-0.4, -0.2) is 22.5 Å². The molecule has 0 saturated carbocycles. The Morgan fingerprint density at radius 2 is 2.00 bits per heavy atom. The standard InChI is InChI=1S/C20H14ClFN2O2/c1-2-10-24(13-14-6-8-17(22)9-7-14)20(25)18-12-19(26-23-18)15-4-3-5-16(21)11-15/h1,3-9,11-12H,10,13H2. The van der Waals surface area contributed by atoms with E-state index in [1.54, 1.807) is 42.5 Å². The fourth-order valence-electron chi connectivity index (χ4n) is 2.44. The molecular formula is C20H14ClFN2O2. The van der Waals surface area contributed by atoms with E-state index < -0.39 is 0 Å². The summed E-state index contributed by atoms with van der Waals surface area (Å²) in [6.45, 7) is 0.332. The van der Waals surface area contributed by atoms with Crippen LogP contribution in [0.5, 0.6) is 0 Å². The summed E-state index contributed by atoms with van der Waals surface area (Å²) in [6.07, 6.45) is 5.37. The summed E-state index contributed by atoms with van der Waals surface area (Å²) >= 11 is 5.97. The molecule has 0 atom stereocenters. The number of carbonyl (C=O) groups is 1. The van der Waals surface area contributed by atoms with Gasteiger partial charge in [0.15, 0.2) is 11.5 Å². The van der Waals surface area contributed by atoms with Gasteiger partial charge < -0.3 is 9.42 Å². The van der Waals surface area contributed by atoms with Crippen molar-refractivity contribution in [1.82, 2.24) is 10.1 Å². The van der Waals surface area contributed by atoms with Crippen molar-refractivity contribution >= 4 is 17.5 Å². The quantitative estimate of drug-likeness (QED) is 0.627. The Labute approximate surface area is 155 Å². The Balaban J connectivity index is 1.81. The second kappa shape index (κ2) is 7.85. The van der Waals surface area contributed by atoms with Crippen molar-refractivity contribution in [2.75, 3.05) is 6.54 Å². The predicted molar refractivity (Wildman–Crippen MR) is 96.9 cm³/mol. The highest BCUT2D eigenvalue weighted by atomic mass is 35.5. The maximum Gasteiger partial charge on any atom is 0.277 e. The van der Waals surface area contributed by atoms with Gasteiger partial charge in [-0.3, -0.25) is 4.79 Å². The lowest BCUT2D eigenvalue weighted by atomic mass is 10.1. The molecule has 0 aliphatic carbocycles. The van der Waals surface area contributed by atoms with E-state index >= 15 is 0 Å². The second-order valence-electron chi connectivity index (χ2n) is 5.58. The van der Waals surface area contributed by atoms with Crippen molar-refractivity contribution in [2.45, 2.75) is 6.54 Å². The number of halogens is 2. The maximum atomic E-state index is 13.0. The minimum absolute atomic E-state index is 0.0928. The summed E-state index contributed by atoms with van der Waals surface area (Å²) in [7, 11) is 0. The van der Waals surface area contributed by atoms with Crippen molar-refractivity contribution in [3.05, 3.63) is 76.7 Å². The number of terminal acetylenes is 1. The SMILES string of the molecule is C#CCN(Cc1ccc(F)cc1)C(=O)c1cc(-c2cccc(Cl)c2)on1. The lowest BCUT2D eigenvalue weighted by Gasteiger charge is -2.19. The van der Waals surface area contributed by atoms with Gasteiger partial charge in [-0.05, 0) is 29.8 Å². The summed E-state index contributed by atoms with van der Waals surface area (Å²) in [6, 6.07) is 14.5. The molecule has 0 unspecified atom stereocenters. The van der Waals surface area contributed by atoms with Crippen LogP contribution < -0.4 is 0 Å². The molecule has 0 saturated heterocycles. The van der Waals surface area contributed by atoms with Gasteiger partial charge in [-0.25, -0.2) is 4.39 Å². The van der Waals surface area contributed by atoms with Gasteiger partial charge in [-0.1, -0.05) is 46.9 Å². The van der Waals surface area contributed by atoms with Gasteiger partial charge in [-0.2, -0.15) is 0 Å². The average Bonchev–Trinajstić information content (AvgIpc) is 3.13. The van der Waals surface area contributed by atoms with E-state index in [0.717, 1.165) is 5.56 Å². The molecule has 3 rings (SSSR count). The van der Waals surface area contributed by atoms with Crippen molar-refractivity contribution < 1.29 is 13.7 Å². The summed E-state index contributed by atoms with van der Waals surface area (Å²) in [5, 5.41) is 4.40. The molecule has 3 aromatic rings. The first kappa shape index (κ1) is 17.7. The van der Waals surface area contributed by atoms with E-state index in [1.807, 2.05) is 0 Å². The van der Waals surface area contributed by atoms with Crippen molar-refractivity contribution in [2.24, 2.45) is 0 Å². The molecule has 130 valence electrons. The molecule has 0 N–H and O–H groups in total. The van der Waals surface area contributed by atoms with Gasteiger partial charge in [-0.15, -0.1) is 6.42 Å². The highest BCUT2D eigenvalue weighted by molar-refractivity contribution is 6.30. The molecule has 1 heterocycles. The van der Waals surface area contributed by atoms with Gasteiger partial charge >= 0.3 is 0 Å². The Hall–Kier alpha value is -3.10. The third kappa shape index (κ3) is 4.11. The molecule has 1 amide bonds. The monoisotopic (exact) mass is 368 g/mol. The third-order valence-corrected chi connectivity index (χ3v) is 3.93. The first-order valence-corrected chi connectivity index (χ1v) is 8.14. The molecule has 0 fully saturated rings. The molecule has 0 bridgehead atoms. The highest BCUT2D eigenvalue weighted by Crippen LogP contribution is 2.24. The van der Waals surface area contributed by atoms with Crippen molar-refractivity contribution in [3.8, 4) is 23.7 Å². The van der Waals surface area contributed by atoms with Crippen molar-refractivity contribution in [1.29, 1.82) is 0 Å². The maximum absolute atomic E-state index is 13.0. The van der Waals surface area contributed by atoms with Crippen LogP contribution in [0.3, 0.4) is 0 Å². The number of aromatic nitrogens is 1. The normalized spacial score (nSPS) is 10.3. The Bertz CT molecular complexity index is 960. The van der Waals surface area contributed by atoms with Crippen LogP contribution in [0.15, 0.2) is 59.1 Å². The van der Waals surface area contributed by atoms with E-state index in [9.17, 15) is 9.18 Å². The van der Waals surface area contributed by atoms with Gasteiger partial charge in [0.1, 0.15) is 5.82 Å². The number of benzene rings is 2. The minimum Gasteiger partial charge on any atom is -0.355 e. The molecule has 0 aliphatic rings. The fourth-order valence-corrected chi connectivity index (χ4v) is 2.63. The smallest absolute Gasteiger partial charge is 0.277 e. The molecule has 0 aliphatic heterocycles. The first-order chi connectivity index (χ1) is 12.6. The van der Waals surface area contributed by atoms with Crippen LogP contribution in [0, 0.1) is 18.2 Å². The van der Waals surface area contributed by atoms with Gasteiger partial charge in [0.05, 0.1) is 6.54 Å². The van der Waals surface area contributed by atoms with Gasteiger partial charge in [0.2, 0.25) is 0 Å². The van der Waals surface area contributed by atoms with E-state index in [2.05, 4.69) is 11.1 Å². The van der Waals surface area contributed by atoms with Crippen LogP contribution in [0.2, 0.25) is 5.02 Å². The number of carbonyl (C=O) groups excluding carboxylic acids is 1. The van der Waals surface area contributed by atoms with E-state index in [4.69, 9.17) is 22.5 Å². The molecule has 1 aromatic heterocycles. The zero-order valence-corrected chi connectivity index (χ0v) is 14.4. The second-order valence-corrected chi connectivity index (χ2v) is 6.01. The fraction of sp³-hybridized carbons (Fsp3) is 0.100. The summed E-state index contributed by atoms with van der Waals surface area (Å²) in [4.78, 5) is 14.2. The molecule has 0 spiro atoms. The molecule has 0 radical (unpaired) electrons. The van der Waals surface area contributed by atoms with Gasteiger partial charge in [0, 0.05) is 23.2 Å². The van der Waals surface area contributed by atoms with Crippen LogP contribution in [0.1, 0.15) is 16.1 Å². The Morgan fingerprint density at radius 1 is 1.23 bits per heavy atom. The van der Waals surface area contributed by atoms with Crippen LogP contribution >= 0.6 is 11.6 Å². The molecular weight excluding hydrogens is 355 g/mol. The number of hydrogen-bond acceptors (Lipinski definition) is 3. The van der Waals surface area contributed by atoms with E-state index in [1.165, 1.54) is 17.0 Å². The zero-order chi connectivity index (χ0) is 18.5. The third-order valence-electron chi connectivity index (χ3n) is 3.69. The van der Waals surface area contributed by atoms with Crippen LogP contribution in [-0.2, 0) is 6.54 Å². The number of nitrogens with zero attached hydrogens (tertiary/aromatic N) is 2. The average molecular weight is 369 g/mol. The lowest BCUT2D eigenvalue weighted by Crippen LogP contribution is -2.31. The molecule has 26 heavy (non-hydrogen) atoms. The molecule has 4 nitrogen and oxygen atoms in total. The lowest BCUT2D eigenvalue weighted by molar-refractivity contribution is 0.0755. The van der Waals surface area contributed by atoms with Crippen LogP contribution in [0.4, 0.5) is 4.39 Å². The summed E-state index contributed by atoms with van der Waals surface area (Å²) < 4.78 is 18.3. The Kier molecular flexibility index (Phi) is 5.35. The Morgan fingerprint density at radius 3 is 2.69 bits per heavy atom. The highest BCUT2D eigenvalue weighted by Gasteiger charge is 2.20. The number of hydrogen-bond donors (Lipinski definition) is 0. The topological polar surface area (TPSA) is 46.3 Å². The predicted octanol–water partition coefficient (Wildman–Crippen LogP) is 4.41. The first-order valence-electron chi connectivity index (χ1n) is 7.76. The number of amides is 1. The van der Waals surface area contributed by atoms with Crippen LogP contribution in [0.25, 0.3) is 11.3 Å². The zero-order valence-electron chi connectivity index (χ0n) is 13.7. The van der Waals surface area contributed by atoms with E-state index in [0.29, 0.717) is 16.3 Å². The van der Waals surface area contributed by atoms with Gasteiger partial charge in [0.25, 0.3) is 5.91 Å². The largest absolute Gasteiger partial charge is 0.355 e.